The van der Waals surface area contributed by atoms with Crippen LogP contribution in [0.15, 0.2) is 16.9 Å². The zero-order chi connectivity index (χ0) is 9.30. The number of aromatic nitrogens is 1. The molecule has 0 radical (unpaired) electrons. The summed E-state index contributed by atoms with van der Waals surface area (Å²) in [6, 6.07) is 3.13. The lowest BCUT2D eigenvalue weighted by Crippen LogP contribution is -2.28. The highest BCUT2D eigenvalue weighted by atomic mass is 16.2. The smallest absolute Gasteiger partial charge is 0.263 e. The standard InChI is InChI=1S/C8H10N2O2/c1-5-3-4-6(7(9)11)8(12)10(5)2/h3-4H,1-2H3,(H2,9,11). The van der Waals surface area contributed by atoms with Crippen LogP contribution in [0.4, 0.5) is 0 Å². The Morgan fingerprint density at radius 3 is 2.58 bits per heavy atom. The van der Waals surface area contributed by atoms with Crippen molar-refractivity contribution >= 4 is 5.91 Å². The molecule has 1 heterocycles. The number of hydrogen-bond donors (Lipinski definition) is 1. The van der Waals surface area contributed by atoms with Crippen LogP contribution in [0.25, 0.3) is 0 Å². The van der Waals surface area contributed by atoms with Gasteiger partial charge in [0.05, 0.1) is 0 Å². The van der Waals surface area contributed by atoms with E-state index in [0.29, 0.717) is 0 Å². The lowest BCUT2D eigenvalue weighted by molar-refractivity contribution is 0.0998. The highest BCUT2D eigenvalue weighted by Gasteiger charge is 2.07. The van der Waals surface area contributed by atoms with Crippen LogP contribution in [-0.4, -0.2) is 10.5 Å². The van der Waals surface area contributed by atoms with Crippen LogP contribution in [-0.2, 0) is 7.05 Å². The van der Waals surface area contributed by atoms with Crippen LogP contribution in [0, 0.1) is 6.92 Å². The number of primary amides is 1. The van der Waals surface area contributed by atoms with Crippen LogP contribution in [0.2, 0.25) is 0 Å². The lowest BCUT2D eigenvalue weighted by atomic mass is 10.2. The van der Waals surface area contributed by atoms with Gasteiger partial charge in [0.15, 0.2) is 0 Å². The largest absolute Gasteiger partial charge is 0.365 e. The molecule has 1 aromatic heterocycles. The predicted octanol–water partition coefficient (Wildman–Crippen LogP) is -0.207. The van der Waals surface area contributed by atoms with E-state index in [9.17, 15) is 9.59 Å². The summed E-state index contributed by atoms with van der Waals surface area (Å²) in [7, 11) is 1.60. The summed E-state index contributed by atoms with van der Waals surface area (Å²) in [5.41, 5.74) is 5.46. The second-order valence-corrected chi connectivity index (χ2v) is 2.62. The quantitative estimate of drug-likeness (QED) is 0.627. The Morgan fingerprint density at radius 1 is 1.50 bits per heavy atom. The van der Waals surface area contributed by atoms with Gasteiger partial charge in [0, 0.05) is 12.7 Å². The first kappa shape index (κ1) is 8.52. The fourth-order valence-electron chi connectivity index (χ4n) is 0.915. The molecule has 1 rings (SSSR count). The average molecular weight is 166 g/mol. The first-order valence-corrected chi connectivity index (χ1v) is 3.50. The summed E-state index contributed by atoms with van der Waals surface area (Å²) >= 11 is 0. The van der Waals surface area contributed by atoms with Crippen LogP contribution in [0.1, 0.15) is 16.1 Å². The molecule has 12 heavy (non-hydrogen) atoms. The van der Waals surface area contributed by atoms with Crippen LogP contribution >= 0.6 is 0 Å². The number of aryl methyl sites for hydroxylation is 1. The molecular formula is C8H10N2O2. The van der Waals surface area contributed by atoms with Gasteiger partial charge in [0.2, 0.25) is 0 Å². The molecule has 0 aliphatic carbocycles. The number of pyridine rings is 1. The number of hydrogen-bond acceptors (Lipinski definition) is 2. The third-order valence-electron chi connectivity index (χ3n) is 1.82. The molecule has 4 heteroatoms. The van der Waals surface area contributed by atoms with E-state index in [1.807, 2.05) is 0 Å². The zero-order valence-corrected chi connectivity index (χ0v) is 7.00. The highest BCUT2D eigenvalue weighted by molar-refractivity contribution is 5.92. The topological polar surface area (TPSA) is 65.1 Å². The van der Waals surface area contributed by atoms with Gasteiger partial charge >= 0.3 is 0 Å². The predicted molar refractivity (Wildman–Crippen MR) is 44.9 cm³/mol. The van der Waals surface area contributed by atoms with Crippen molar-refractivity contribution in [3.63, 3.8) is 0 Å². The normalized spacial score (nSPS) is 9.83. The Balaban J connectivity index is 3.47. The second kappa shape index (κ2) is 2.81. The maximum Gasteiger partial charge on any atom is 0.263 e. The number of nitrogens with two attached hydrogens (primary N) is 1. The third-order valence-corrected chi connectivity index (χ3v) is 1.82. The minimum atomic E-state index is -0.685. The Bertz CT molecular complexity index is 379. The second-order valence-electron chi connectivity index (χ2n) is 2.62. The summed E-state index contributed by atoms with van der Waals surface area (Å²) in [5, 5.41) is 0. The molecule has 0 atom stereocenters. The minimum Gasteiger partial charge on any atom is -0.365 e. The SMILES string of the molecule is Cc1ccc(C(N)=O)c(=O)n1C. The molecule has 2 N–H and O–H groups in total. The first-order valence-electron chi connectivity index (χ1n) is 3.50. The van der Waals surface area contributed by atoms with Crippen molar-refractivity contribution in [3.8, 4) is 0 Å². The molecule has 0 aliphatic rings. The summed E-state index contributed by atoms with van der Waals surface area (Å²) in [4.78, 5) is 22.0. The molecule has 0 bridgehead atoms. The van der Waals surface area contributed by atoms with Crippen molar-refractivity contribution in [1.29, 1.82) is 0 Å². The minimum absolute atomic E-state index is 0.0306. The number of carbonyl (C=O) groups is 1. The van der Waals surface area contributed by atoms with Crippen molar-refractivity contribution in [2.45, 2.75) is 6.92 Å². The van der Waals surface area contributed by atoms with Gasteiger partial charge in [-0.15, -0.1) is 0 Å². The fourth-order valence-corrected chi connectivity index (χ4v) is 0.915. The molecule has 0 fully saturated rings. The molecule has 1 aromatic rings. The number of rotatable bonds is 1. The molecular weight excluding hydrogens is 156 g/mol. The molecule has 64 valence electrons. The van der Waals surface area contributed by atoms with E-state index < -0.39 is 5.91 Å². The Hall–Kier alpha value is -1.58. The Morgan fingerprint density at radius 2 is 2.08 bits per heavy atom. The van der Waals surface area contributed by atoms with Gasteiger partial charge in [-0.2, -0.15) is 0 Å². The number of carbonyl (C=O) groups excluding carboxylic acids is 1. The molecule has 0 unspecified atom stereocenters. The molecule has 4 nitrogen and oxygen atoms in total. The van der Waals surface area contributed by atoms with Crippen LogP contribution in [0.5, 0.6) is 0 Å². The van der Waals surface area contributed by atoms with Crippen LogP contribution < -0.4 is 11.3 Å². The molecule has 0 spiro atoms. The van der Waals surface area contributed by atoms with E-state index in [1.54, 1.807) is 20.0 Å². The molecule has 0 aromatic carbocycles. The summed E-state index contributed by atoms with van der Waals surface area (Å²) < 4.78 is 1.39. The van der Waals surface area contributed by atoms with E-state index in [2.05, 4.69) is 0 Å². The Labute approximate surface area is 69.6 Å². The Kier molecular flexibility index (Phi) is 1.99. The monoisotopic (exact) mass is 166 g/mol. The van der Waals surface area contributed by atoms with Crippen LogP contribution in [0.3, 0.4) is 0 Å². The van der Waals surface area contributed by atoms with E-state index in [1.165, 1.54) is 10.6 Å². The van der Waals surface area contributed by atoms with E-state index in [4.69, 9.17) is 5.73 Å². The van der Waals surface area contributed by atoms with Gasteiger partial charge in [-0.25, -0.2) is 0 Å². The third kappa shape index (κ3) is 1.23. The van der Waals surface area contributed by atoms with Crippen molar-refractivity contribution in [3.05, 3.63) is 33.7 Å². The van der Waals surface area contributed by atoms with Gasteiger partial charge in [-0.05, 0) is 19.1 Å². The number of nitrogens with zero attached hydrogens (tertiary/aromatic N) is 1. The maximum absolute atomic E-state index is 11.3. The summed E-state index contributed by atoms with van der Waals surface area (Å²) in [6.45, 7) is 1.78. The molecule has 0 saturated heterocycles. The fraction of sp³-hybridized carbons (Fsp3) is 0.250. The zero-order valence-electron chi connectivity index (χ0n) is 7.00. The van der Waals surface area contributed by atoms with E-state index in [0.717, 1.165) is 5.69 Å². The number of amides is 1. The van der Waals surface area contributed by atoms with E-state index >= 15 is 0 Å². The lowest BCUT2D eigenvalue weighted by Gasteiger charge is -2.03. The summed E-state index contributed by atoms with van der Waals surface area (Å²) in [5.74, 6) is -0.685. The van der Waals surface area contributed by atoms with Gasteiger partial charge in [-0.1, -0.05) is 0 Å². The van der Waals surface area contributed by atoms with Crippen molar-refractivity contribution in [1.82, 2.24) is 4.57 Å². The van der Waals surface area contributed by atoms with Gasteiger partial charge in [0.1, 0.15) is 5.56 Å². The highest BCUT2D eigenvalue weighted by Crippen LogP contribution is 1.94. The van der Waals surface area contributed by atoms with Gasteiger partial charge in [0.25, 0.3) is 11.5 Å². The van der Waals surface area contributed by atoms with E-state index in [-0.39, 0.29) is 11.1 Å². The summed E-state index contributed by atoms with van der Waals surface area (Å²) in [6.07, 6.45) is 0. The van der Waals surface area contributed by atoms with Crippen molar-refractivity contribution in [2.24, 2.45) is 12.8 Å². The molecule has 0 aliphatic heterocycles. The molecule has 1 amide bonds. The maximum atomic E-state index is 11.3. The van der Waals surface area contributed by atoms with Gasteiger partial charge in [-0.3, -0.25) is 9.59 Å². The van der Waals surface area contributed by atoms with Gasteiger partial charge < -0.3 is 10.3 Å². The molecule has 0 saturated carbocycles. The average Bonchev–Trinajstić information content (AvgIpc) is 2.00. The van der Waals surface area contributed by atoms with Crippen molar-refractivity contribution in [2.75, 3.05) is 0 Å². The first-order chi connectivity index (χ1) is 5.54. The van der Waals surface area contributed by atoms with Crippen molar-refractivity contribution < 1.29 is 4.79 Å².